The number of piperazine rings is 1. The normalized spacial score (nSPS) is 13.8. The van der Waals surface area contributed by atoms with Gasteiger partial charge >= 0.3 is 0 Å². The van der Waals surface area contributed by atoms with E-state index in [9.17, 15) is 4.79 Å². The molecule has 1 N–H and O–H groups in total. The van der Waals surface area contributed by atoms with Gasteiger partial charge in [-0.05, 0) is 47.9 Å². The summed E-state index contributed by atoms with van der Waals surface area (Å²) in [5.74, 6) is 1.70. The molecule has 0 saturated carbocycles. The Morgan fingerprint density at radius 3 is 2.44 bits per heavy atom. The number of ether oxygens (including phenoxy) is 2. The van der Waals surface area contributed by atoms with Gasteiger partial charge < -0.3 is 24.3 Å². The molecule has 0 bridgehead atoms. The number of nitrogens with zero attached hydrogens (tertiary/aromatic N) is 3. The lowest BCUT2D eigenvalue weighted by Crippen LogP contribution is -2.49. The summed E-state index contributed by atoms with van der Waals surface area (Å²) in [7, 11) is 3.24. The van der Waals surface area contributed by atoms with E-state index in [0.29, 0.717) is 66.3 Å². The van der Waals surface area contributed by atoms with Crippen molar-refractivity contribution in [3.63, 3.8) is 0 Å². The Balaban J connectivity index is 1.46. The zero-order valence-corrected chi connectivity index (χ0v) is 20.7. The molecule has 1 aliphatic heterocycles. The third kappa shape index (κ3) is 4.12. The molecular weight excluding hydrogens is 459 g/mol. The van der Waals surface area contributed by atoms with Gasteiger partial charge in [-0.15, -0.1) is 0 Å². The molecule has 4 aromatic rings. The van der Waals surface area contributed by atoms with Crippen LogP contribution in [0.1, 0.15) is 23.0 Å². The average molecular weight is 489 g/mol. The molecule has 8 heteroatoms. The van der Waals surface area contributed by atoms with Crippen molar-refractivity contribution in [1.82, 2.24) is 14.9 Å². The Bertz CT molecular complexity index is 1410. The number of H-pyrrole nitrogens is 1. The fourth-order valence-electron chi connectivity index (χ4n) is 4.85. The molecule has 3 heterocycles. The molecule has 5 rings (SSSR count). The van der Waals surface area contributed by atoms with Crippen LogP contribution in [0.5, 0.6) is 11.5 Å². The van der Waals surface area contributed by atoms with Crippen LogP contribution in [0.25, 0.3) is 22.0 Å². The van der Waals surface area contributed by atoms with Gasteiger partial charge in [0.2, 0.25) is 0 Å². The molecule has 1 fully saturated rings. The van der Waals surface area contributed by atoms with Crippen LogP contribution in [-0.2, 0) is 6.42 Å². The van der Waals surface area contributed by atoms with E-state index in [0.717, 1.165) is 16.9 Å². The molecule has 7 nitrogen and oxygen atoms in total. The Labute approximate surface area is 209 Å². The first-order valence-corrected chi connectivity index (χ1v) is 12.1. The number of hydrogen-bond donors (Lipinski definition) is 1. The lowest BCUT2D eigenvalue weighted by molar-refractivity contribution is 0.0741. The summed E-state index contributed by atoms with van der Waals surface area (Å²) in [5, 5.41) is 0.661. The number of carbonyl (C=O) groups is 1. The highest BCUT2D eigenvalue weighted by molar-refractivity contribution is 6.04. The Kier molecular flexibility index (Phi) is 6.50. The molecule has 1 aliphatic rings. The van der Waals surface area contributed by atoms with Crippen molar-refractivity contribution in [3.05, 3.63) is 71.8 Å². The van der Waals surface area contributed by atoms with E-state index < -0.39 is 0 Å². The number of carbonyl (C=O) groups excluding carboxylic acids is 1. The van der Waals surface area contributed by atoms with Gasteiger partial charge in [-0.2, -0.15) is 0 Å². The van der Waals surface area contributed by atoms with E-state index in [2.05, 4.69) is 14.9 Å². The van der Waals surface area contributed by atoms with Crippen LogP contribution in [-0.4, -0.2) is 61.2 Å². The second-order valence-corrected chi connectivity index (χ2v) is 8.73. The van der Waals surface area contributed by atoms with E-state index in [-0.39, 0.29) is 11.7 Å². The number of aryl methyl sites for hydroxylation is 1. The summed E-state index contributed by atoms with van der Waals surface area (Å²) in [5.41, 5.74) is 2.99. The summed E-state index contributed by atoms with van der Waals surface area (Å²) in [6.45, 7) is 4.22. The van der Waals surface area contributed by atoms with Crippen molar-refractivity contribution in [2.45, 2.75) is 13.3 Å². The molecule has 0 spiro atoms. The Morgan fingerprint density at radius 1 is 1.00 bits per heavy atom. The highest BCUT2D eigenvalue weighted by Gasteiger charge is 2.27. The summed E-state index contributed by atoms with van der Waals surface area (Å²) < 4.78 is 26.4. The van der Waals surface area contributed by atoms with Crippen molar-refractivity contribution >= 4 is 22.6 Å². The van der Waals surface area contributed by atoms with Gasteiger partial charge in [0.1, 0.15) is 17.3 Å². The van der Waals surface area contributed by atoms with E-state index in [1.54, 1.807) is 31.4 Å². The molecule has 1 saturated heterocycles. The SMILES string of the molecule is CCc1cc(-c2ccccc2OC)c2cc(C(=O)N3CCN(c4ncccc4OC)CC3)[nH]c2c1F. The first-order valence-electron chi connectivity index (χ1n) is 12.1. The van der Waals surface area contributed by atoms with Crippen molar-refractivity contribution in [1.29, 1.82) is 0 Å². The zero-order chi connectivity index (χ0) is 25.2. The Hall–Kier alpha value is -4.07. The second-order valence-electron chi connectivity index (χ2n) is 8.73. The van der Waals surface area contributed by atoms with E-state index >= 15 is 4.39 Å². The molecule has 0 radical (unpaired) electrons. The average Bonchev–Trinajstić information content (AvgIpc) is 3.39. The van der Waals surface area contributed by atoms with Crippen molar-refractivity contribution in [2.75, 3.05) is 45.3 Å². The number of aromatic amines is 1. The minimum absolute atomic E-state index is 0.151. The number of nitrogens with one attached hydrogen (secondary N) is 1. The van der Waals surface area contributed by atoms with Gasteiger partial charge in [0.15, 0.2) is 11.6 Å². The molecular formula is C28H29FN4O3. The highest BCUT2D eigenvalue weighted by Crippen LogP contribution is 2.38. The van der Waals surface area contributed by atoms with Crippen LogP contribution in [0.4, 0.5) is 10.2 Å². The minimum Gasteiger partial charge on any atom is -0.496 e. The molecule has 0 aliphatic carbocycles. The van der Waals surface area contributed by atoms with Crippen LogP contribution in [0, 0.1) is 5.82 Å². The van der Waals surface area contributed by atoms with Crippen LogP contribution in [0.15, 0.2) is 54.7 Å². The minimum atomic E-state index is -0.322. The molecule has 186 valence electrons. The standard InChI is InChI=1S/C28H29FN4O3/c1-4-18-16-20(19-8-5-6-9-23(19)35-2)21-17-22(31-26(21)25(18)29)28(34)33-14-12-32(13-15-33)27-24(36-3)10-7-11-30-27/h5-11,16-17,31H,4,12-15H2,1-3H3. The third-order valence-electron chi connectivity index (χ3n) is 6.77. The van der Waals surface area contributed by atoms with Crippen molar-refractivity contribution in [3.8, 4) is 22.6 Å². The van der Waals surface area contributed by atoms with Gasteiger partial charge in [0, 0.05) is 43.3 Å². The number of methoxy groups -OCH3 is 2. The lowest BCUT2D eigenvalue weighted by Gasteiger charge is -2.35. The summed E-state index contributed by atoms with van der Waals surface area (Å²) in [4.78, 5) is 24.9. The number of rotatable bonds is 6. The number of benzene rings is 2. The number of hydrogen-bond acceptors (Lipinski definition) is 5. The lowest BCUT2D eigenvalue weighted by atomic mass is 9.96. The molecule has 1 amide bonds. The van der Waals surface area contributed by atoms with Gasteiger partial charge in [0.25, 0.3) is 5.91 Å². The maximum atomic E-state index is 15.4. The maximum Gasteiger partial charge on any atom is 0.270 e. The Morgan fingerprint density at radius 2 is 1.72 bits per heavy atom. The van der Waals surface area contributed by atoms with Crippen LogP contribution >= 0.6 is 0 Å². The van der Waals surface area contributed by atoms with E-state index in [4.69, 9.17) is 9.47 Å². The molecule has 2 aromatic heterocycles. The van der Waals surface area contributed by atoms with Crippen LogP contribution in [0.3, 0.4) is 0 Å². The molecule has 2 aromatic carbocycles. The molecule has 0 unspecified atom stereocenters. The molecule has 36 heavy (non-hydrogen) atoms. The summed E-state index contributed by atoms with van der Waals surface area (Å²) >= 11 is 0. The number of aromatic nitrogens is 2. The number of halogens is 1. The number of para-hydroxylation sites is 1. The van der Waals surface area contributed by atoms with Crippen molar-refractivity contribution < 1.29 is 18.7 Å². The smallest absolute Gasteiger partial charge is 0.270 e. The maximum absolute atomic E-state index is 15.4. The fraction of sp³-hybridized carbons (Fsp3) is 0.286. The monoisotopic (exact) mass is 488 g/mol. The van der Waals surface area contributed by atoms with Gasteiger partial charge in [-0.3, -0.25) is 4.79 Å². The molecule has 0 atom stereocenters. The van der Waals surface area contributed by atoms with Gasteiger partial charge in [0.05, 0.1) is 19.7 Å². The summed E-state index contributed by atoms with van der Waals surface area (Å²) in [6.07, 6.45) is 2.27. The highest BCUT2D eigenvalue weighted by atomic mass is 19.1. The number of fused-ring (bicyclic) bond motifs is 1. The predicted molar refractivity (Wildman–Crippen MR) is 139 cm³/mol. The third-order valence-corrected chi connectivity index (χ3v) is 6.77. The van der Waals surface area contributed by atoms with Crippen LogP contribution in [0.2, 0.25) is 0 Å². The van der Waals surface area contributed by atoms with E-state index in [1.807, 2.05) is 49.4 Å². The predicted octanol–water partition coefficient (Wildman–Crippen LogP) is 4.91. The largest absolute Gasteiger partial charge is 0.496 e. The van der Waals surface area contributed by atoms with Gasteiger partial charge in [-0.1, -0.05) is 25.1 Å². The zero-order valence-electron chi connectivity index (χ0n) is 20.7. The van der Waals surface area contributed by atoms with E-state index in [1.165, 1.54) is 0 Å². The fourth-order valence-corrected chi connectivity index (χ4v) is 4.85. The quantitative estimate of drug-likeness (QED) is 0.418. The number of anilines is 1. The number of amides is 1. The first-order chi connectivity index (χ1) is 17.5. The van der Waals surface area contributed by atoms with Gasteiger partial charge in [-0.25, -0.2) is 9.37 Å². The van der Waals surface area contributed by atoms with Crippen LogP contribution < -0.4 is 14.4 Å². The first kappa shape index (κ1) is 23.7. The second kappa shape index (κ2) is 9.89. The topological polar surface area (TPSA) is 70.7 Å². The van der Waals surface area contributed by atoms with Crippen molar-refractivity contribution in [2.24, 2.45) is 0 Å². The summed E-state index contributed by atoms with van der Waals surface area (Å²) in [6, 6.07) is 15.0. The number of pyridine rings is 1.